The van der Waals surface area contributed by atoms with Crippen molar-refractivity contribution in [2.24, 2.45) is 0 Å². The number of carbonyl (C=O) groups excluding carboxylic acids is 9. The van der Waals surface area contributed by atoms with Gasteiger partial charge in [-0.15, -0.1) is 0 Å². The topological polar surface area (TPSA) is 323 Å². The van der Waals surface area contributed by atoms with Crippen LogP contribution in [0.4, 0.5) is 0 Å². The first kappa shape index (κ1) is 56.0. The smallest absolute Gasteiger partial charge is 0.870 e. The number of carbonyl (C=O) groups is 6. The van der Waals surface area contributed by atoms with Crippen LogP contribution >= 0.6 is 0 Å². The van der Waals surface area contributed by atoms with E-state index in [2.05, 4.69) is 14.2 Å². The van der Waals surface area contributed by atoms with E-state index in [0.29, 0.717) is 22.3 Å². The van der Waals surface area contributed by atoms with Crippen molar-refractivity contribution >= 4 is 54.3 Å². The third-order valence-electron chi connectivity index (χ3n) is 5.24. The fraction of sp³-hybridized carbons (Fsp3) is 0.182. The normalized spacial score (nSPS) is 8.04. The molecule has 20 heteroatoms. The molecule has 0 aliphatic heterocycles. The van der Waals surface area contributed by atoms with Crippen molar-refractivity contribution in [1.82, 2.24) is 0 Å². The second-order valence-electron chi connectivity index (χ2n) is 8.90. The maximum atomic E-state index is 11.3. The summed E-state index contributed by atoms with van der Waals surface area (Å²) in [6.07, 6.45) is 0.750. The molecule has 3 aromatic rings. The monoisotopic (exact) mass is 754 g/mol. The van der Waals surface area contributed by atoms with Crippen LogP contribution < -0.4 is 29.6 Å². The zero-order chi connectivity index (χ0) is 40.3. The van der Waals surface area contributed by atoms with Gasteiger partial charge in [0.25, 0.3) is 0 Å². The summed E-state index contributed by atoms with van der Waals surface area (Å²) < 4.78 is 13.6. The van der Waals surface area contributed by atoms with Crippen molar-refractivity contribution in [1.29, 1.82) is 0 Å². The van der Waals surface area contributed by atoms with Gasteiger partial charge in [-0.25, -0.2) is 28.8 Å². The molecule has 0 aliphatic rings. The summed E-state index contributed by atoms with van der Waals surface area (Å²) >= 11 is 0. The molecule has 0 spiro atoms. The van der Waals surface area contributed by atoms with Gasteiger partial charge in [-0.3, -0.25) is 0 Å². The van der Waals surface area contributed by atoms with E-state index in [1.807, 2.05) is 0 Å². The van der Waals surface area contributed by atoms with E-state index in [9.17, 15) is 28.8 Å². The van der Waals surface area contributed by atoms with Gasteiger partial charge >= 0.3 is 83.8 Å². The number of methoxy groups -OCH3 is 3. The van der Waals surface area contributed by atoms with Crippen LogP contribution in [0, 0.1) is 20.8 Å². The molecule has 0 aromatic heterocycles. The molecule has 0 aliphatic carbocycles. The first-order valence-electron chi connectivity index (χ1n) is 13.2. The summed E-state index contributed by atoms with van der Waals surface area (Å²) in [6.45, 7) is 5.16. The molecule has 3 rings (SSSR count). The molecule has 0 radical (unpaired) electrons. The van der Waals surface area contributed by atoms with Crippen LogP contribution in [0.15, 0.2) is 54.6 Å². The number of carboxylic acids is 3. The molecule has 0 saturated carbocycles. The minimum Gasteiger partial charge on any atom is -0.870 e. The van der Waals surface area contributed by atoms with Crippen molar-refractivity contribution in [2.75, 3.05) is 21.3 Å². The molecule has 0 heterocycles. The number of hydrogen-bond acceptors (Lipinski definition) is 16. The van der Waals surface area contributed by atoms with E-state index in [1.165, 1.54) is 51.7 Å². The summed E-state index contributed by atoms with van der Waals surface area (Å²) in [6, 6.07) is 13.1. The van der Waals surface area contributed by atoms with Gasteiger partial charge < -0.3 is 35.0 Å². The van der Waals surface area contributed by atoms with Gasteiger partial charge in [0.15, 0.2) is 0 Å². The van der Waals surface area contributed by atoms with Crippen LogP contribution in [0.3, 0.4) is 0 Å². The van der Waals surface area contributed by atoms with Gasteiger partial charge in [0.2, 0.25) is 0 Å². The van der Waals surface area contributed by atoms with Crippen molar-refractivity contribution in [2.45, 2.75) is 20.8 Å². The Morgan fingerprint density at radius 1 is 0.415 bits per heavy atom. The van der Waals surface area contributed by atoms with Gasteiger partial charge in [-0.2, -0.15) is 28.8 Å². The molecular formula is C33H31NaO19. The number of benzene rings is 3. The summed E-state index contributed by atoms with van der Waals surface area (Å²) in [5.41, 5.74) is 3.17. The summed E-state index contributed by atoms with van der Waals surface area (Å²) in [4.78, 5) is 114. The number of hydrogen-bond donors (Lipinski definition) is 3. The third kappa shape index (κ3) is 24.4. The van der Waals surface area contributed by atoms with Gasteiger partial charge in [-0.05, 0) is 92.1 Å². The summed E-state index contributed by atoms with van der Waals surface area (Å²) in [5.74, 6) is -4.76. The second kappa shape index (κ2) is 31.6. The SMILES string of the molecule is COC(=O)c1cc(C)cc(C(=O)O)c1.COC(=O)c1cc(C)cc(C(=O)OC)c1.Cc1cc(C(=O)O)cc(C(=O)O)c1.O=C=O.O=C=O.O=C=O.[Na+].[OH-]. The number of rotatable bonds is 6. The predicted molar refractivity (Wildman–Crippen MR) is 165 cm³/mol. The van der Waals surface area contributed by atoms with Crippen molar-refractivity contribution in [3.63, 3.8) is 0 Å². The van der Waals surface area contributed by atoms with Crippen molar-refractivity contribution in [3.8, 4) is 0 Å². The van der Waals surface area contributed by atoms with Crippen LogP contribution in [0.2, 0.25) is 0 Å². The molecule has 0 unspecified atom stereocenters. The first-order chi connectivity index (χ1) is 23.9. The average molecular weight is 755 g/mol. The summed E-state index contributed by atoms with van der Waals surface area (Å²) in [7, 11) is 3.84. The molecule has 53 heavy (non-hydrogen) atoms. The Morgan fingerprint density at radius 3 is 0.736 bits per heavy atom. The molecule has 278 valence electrons. The molecular weight excluding hydrogens is 723 g/mol. The largest absolute Gasteiger partial charge is 1.00 e. The molecule has 0 fully saturated rings. The second-order valence-corrected chi connectivity index (χ2v) is 8.90. The maximum absolute atomic E-state index is 11.3. The molecule has 0 atom stereocenters. The zero-order valence-electron chi connectivity index (χ0n) is 29.1. The van der Waals surface area contributed by atoms with Gasteiger partial charge in [0.05, 0.1) is 54.7 Å². The van der Waals surface area contributed by atoms with Gasteiger partial charge in [0, 0.05) is 0 Å². The zero-order valence-corrected chi connectivity index (χ0v) is 31.1. The van der Waals surface area contributed by atoms with E-state index in [0.717, 1.165) is 11.6 Å². The standard InChI is InChI=1S/C11H12O4.C10H10O4.C9H8O4.3CO2.Na.H2O/c1-7-4-8(10(12)14-2)6-9(5-7)11(13)15-3;1-6-3-7(9(11)12)5-8(4-6)10(13)14-2;1-5-2-6(8(10)11)4-7(3-5)9(12)13;3*2-1-3;;/h4-6H,1-3H3;3-5H,1-2H3,(H,11,12);2-4H,1H3,(H,10,11)(H,12,13);;;;;1H2/q;;;;;;+1;/p-1. The van der Waals surface area contributed by atoms with Crippen LogP contribution in [0.5, 0.6) is 0 Å². The minimum atomic E-state index is -1.12. The molecule has 0 saturated heterocycles. The molecule has 19 nitrogen and oxygen atoms in total. The fourth-order valence-electron chi connectivity index (χ4n) is 3.43. The Bertz CT molecular complexity index is 1700. The molecule has 0 amide bonds. The number of esters is 3. The van der Waals surface area contributed by atoms with E-state index in [4.69, 9.17) is 44.1 Å². The van der Waals surface area contributed by atoms with E-state index in [-0.39, 0.29) is 75.7 Å². The average Bonchev–Trinajstić information content (AvgIpc) is 3.07. The van der Waals surface area contributed by atoms with Gasteiger partial charge in [0.1, 0.15) is 0 Å². The third-order valence-corrected chi connectivity index (χ3v) is 5.24. The van der Waals surface area contributed by atoms with Crippen LogP contribution in [0.1, 0.15) is 78.8 Å². The van der Waals surface area contributed by atoms with Crippen LogP contribution in [-0.2, 0) is 43.0 Å². The van der Waals surface area contributed by atoms with Crippen molar-refractivity contribution < 1.29 is 122 Å². The number of ether oxygens (including phenoxy) is 3. The summed E-state index contributed by atoms with van der Waals surface area (Å²) in [5, 5.41) is 26.0. The maximum Gasteiger partial charge on any atom is 1.00 e. The minimum absolute atomic E-state index is 0. The van der Waals surface area contributed by atoms with E-state index >= 15 is 0 Å². The number of aryl methyl sites for hydroxylation is 3. The van der Waals surface area contributed by atoms with Crippen molar-refractivity contribution in [3.05, 3.63) is 105 Å². The van der Waals surface area contributed by atoms with Crippen LogP contribution in [0.25, 0.3) is 0 Å². The quantitative estimate of drug-likeness (QED) is 0.162. The number of aromatic carboxylic acids is 3. The first-order valence-corrected chi connectivity index (χ1v) is 13.2. The number of carboxylic acid groups (broad SMARTS) is 3. The Hall–Kier alpha value is -6.42. The van der Waals surface area contributed by atoms with Crippen LogP contribution in [-0.4, -0.2) is 96.4 Å². The molecule has 3 aromatic carbocycles. The fourth-order valence-corrected chi connectivity index (χ4v) is 3.43. The Kier molecular flexibility index (Phi) is 33.3. The van der Waals surface area contributed by atoms with E-state index in [1.54, 1.807) is 39.0 Å². The Labute approximate surface area is 322 Å². The Balaban J connectivity index is -0.000000192. The predicted octanol–water partition coefficient (Wildman–Crippen LogP) is -0.484. The van der Waals surface area contributed by atoms with E-state index < -0.39 is 35.8 Å². The molecule has 0 bridgehead atoms. The molecule has 4 N–H and O–H groups in total. The van der Waals surface area contributed by atoms with Gasteiger partial charge in [-0.1, -0.05) is 0 Å². The Morgan fingerprint density at radius 2 is 0.566 bits per heavy atom.